The molecule has 2 aliphatic rings. The van der Waals surface area contributed by atoms with Gasteiger partial charge in [-0.3, -0.25) is 9.69 Å². The summed E-state index contributed by atoms with van der Waals surface area (Å²) in [6.45, 7) is 2.76. The average Bonchev–Trinajstić information content (AvgIpc) is 3.08. The Morgan fingerprint density at radius 3 is 2.48 bits per heavy atom. The van der Waals surface area contributed by atoms with Crippen molar-refractivity contribution in [2.75, 3.05) is 13.2 Å². The zero-order chi connectivity index (χ0) is 23.0. The fraction of sp³-hybridized carbons (Fsp3) is 0.192. The third-order valence-corrected chi connectivity index (χ3v) is 6.05. The van der Waals surface area contributed by atoms with E-state index in [4.69, 9.17) is 9.47 Å². The average molecular weight is 439 g/mol. The molecule has 1 unspecified atom stereocenters. The molecule has 2 heterocycles. The van der Waals surface area contributed by atoms with E-state index in [-0.39, 0.29) is 12.5 Å². The second-order valence-corrected chi connectivity index (χ2v) is 8.16. The molecule has 3 amide bonds. The van der Waals surface area contributed by atoms with Crippen molar-refractivity contribution in [1.29, 1.82) is 5.26 Å². The number of ether oxygens (including phenoxy) is 2. The van der Waals surface area contributed by atoms with Gasteiger partial charge in [-0.2, -0.15) is 5.26 Å². The van der Waals surface area contributed by atoms with E-state index >= 15 is 0 Å². The van der Waals surface area contributed by atoms with Crippen molar-refractivity contribution in [2.45, 2.75) is 19.0 Å². The predicted octanol–water partition coefficient (Wildman–Crippen LogP) is 3.96. The summed E-state index contributed by atoms with van der Waals surface area (Å²) in [7, 11) is 0. The highest BCUT2D eigenvalue weighted by atomic mass is 16.6. The Balaban J connectivity index is 1.37. The number of rotatable bonds is 4. The molecule has 0 aliphatic carbocycles. The van der Waals surface area contributed by atoms with Gasteiger partial charge in [0.1, 0.15) is 18.8 Å². The number of nitrogens with zero attached hydrogens (tertiary/aromatic N) is 2. The molecule has 3 aromatic rings. The molecular formula is C26H21N3O4. The van der Waals surface area contributed by atoms with Gasteiger partial charge in [0.2, 0.25) is 0 Å². The molecule has 0 spiro atoms. The Hall–Kier alpha value is -4.31. The maximum absolute atomic E-state index is 13.3. The molecule has 1 N–H and O–H groups in total. The Bertz CT molecular complexity index is 1300. The highest BCUT2D eigenvalue weighted by molar-refractivity contribution is 6.07. The topological polar surface area (TPSA) is 91.7 Å². The van der Waals surface area contributed by atoms with E-state index in [1.807, 2.05) is 42.5 Å². The van der Waals surface area contributed by atoms with Gasteiger partial charge in [0.15, 0.2) is 11.5 Å². The summed E-state index contributed by atoms with van der Waals surface area (Å²) in [5, 5.41) is 12.2. The predicted molar refractivity (Wildman–Crippen MR) is 120 cm³/mol. The number of imide groups is 1. The van der Waals surface area contributed by atoms with Crippen LogP contribution in [0.15, 0.2) is 66.7 Å². The smallest absolute Gasteiger partial charge is 0.325 e. The van der Waals surface area contributed by atoms with E-state index < -0.39 is 11.6 Å². The fourth-order valence-electron chi connectivity index (χ4n) is 4.20. The van der Waals surface area contributed by atoms with Crippen molar-refractivity contribution < 1.29 is 19.1 Å². The third-order valence-electron chi connectivity index (χ3n) is 6.05. The number of hydrogen-bond acceptors (Lipinski definition) is 5. The maximum atomic E-state index is 13.3. The van der Waals surface area contributed by atoms with Crippen LogP contribution in [0.25, 0.3) is 11.1 Å². The Morgan fingerprint density at radius 1 is 1.00 bits per heavy atom. The van der Waals surface area contributed by atoms with Gasteiger partial charge in [0.25, 0.3) is 5.91 Å². The van der Waals surface area contributed by atoms with E-state index in [0.29, 0.717) is 35.8 Å². The molecule has 2 aliphatic heterocycles. The minimum atomic E-state index is -1.20. The minimum absolute atomic E-state index is 0.144. The normalized spacial score (nSPS) is 19.2. The van der Waals surface area contributed by atoms with Crippen LogP contribution >= 0.6 is 0 Å². The van der Waals surface area contributed by atoms with E-state index in [1.54, 1.807) is 31.2 Å². The second kappa shape index (κ2) is 7.99. The van der Waals surface area contributed by atoms with Gasteiger partial charge in [-0.1, -0.05) is 48.5 Å². The van der Waals surface area contributed by atoms with Crippen LogP contribution in [0.5, 0.6) is 11.5 Å². The molecule has 164 valence electrons. The molecule has 7 heteroatoms. The number of amides is 3. The zero-order valence-corrected chi connectivity index (χ0v) is 18.0. The van der Waals surface area contributed by atoms with Crippen LogP contribution in [0.4, 0.5) is 4.79 Å². The fourth-order valence-corrected chi connectivity index (χ4v) is 4.20. The molecule has 0 bridgehead atoms. The third kappa shape index (κ3) is 3.56. The van der Waals surface area contributed by atoms with E-state index in [9.17, 15) is 14.9 Å². The van der Waals surface area contributed by atoms with Gasteiger partial charge < -0.3 is 14.8 Å². The number of fused-ring (bicyclic) bond motifs is 1. The Labute approximate surface area is 191 Å². The molecule has 1 fully saturated rings. The number of benzene rings is 3. The summed E-state index contributed by atoms with van der Waals surface area (Å²) in [4.78, 5) is 27.3. The van der Waals surface area contributed by atoms with Gasteiger partial charge in [0, 0.05) is 0 Å². The number of carbonyl (C=O) groups excluding carboxylic acids is 2. The quantitative estimate of drug-likeness (QED) is 0.621. The molecule has 0 aromatic heterocycles. The van der Waals surface area contributed by atoms with Gasteiger partial charge in [0.05, 0.1) is 18.2 Å². The lowest BCUT2D eigenvalue weighted by atomic mass is 9.91. The highest BCUT2D eigenvalue weighted by Gasteiger charge is 2.49. The van der Waals surface area contributed by atoms with Crippen LogP contribution in [0, 0.1) is 11.3 Å². The van der Waals surface area contributed by atoms with Crippen LogP contribution in [0.1, 0.15) is 23.6 Å². The molecule has 0 saturated carbocycles. The lowest BCUT2D eigenvalue weighted by Crippen LogP contribution is -2.41. The first kappa shape index (κ1) is 20.6. The van der Waals surface area contributed by atoms with Crippen molar-refractivity contribution in [1.82, 2.24) is 10.2 Å². The lowest BCUT2D eigenvalue weighted by Gasteiger charge is -2.25. The molecule has 5 rings (SSSR count). The Kier molecular flexibility index (Phi) is 4.98. The number of nitrogens with one attached hydrogen (secondary N) is 1. The van der Waals surface area contributed by atoms with Crippen molar-refractivity contribution in [3.8, 4) is 28.7 Å². The van der Waals surface area contributed by atoms with Crippen LogP contribution in [-0.2, 0) is 16.9 Å². The first-order chi connectivity index (χ1) is 16.0. The standard InChI is InChI=1S/C26H21N3O4/c1-26(20-10-11-22-23(14-20)33-13-12-32-22)24(30)29(25(31)28-26)16-17-6-8-18(9-7-17)21-5-3-2-4-19(21)15-27/h2-11,14H,12-13,16H2,1H3,(H,28,31). The molecule has 1 saturated heterocycles. The summed E-state index contributed by atoms with van der Waals surface area (Å²) < 4.78 is 11.2. The number of hydrogen-bond donors (Lipinski definition) is 1. The van der Waals surface area contributed by atoms with Crippen molar-refractivity contribution in [3.05, 3.63) is 83.4 Å². The molecule has 33 heavy (non-hydrogen) atoms. The van der Waals surface area contributed by atoms with Gasteiger partial charge in [-0.25, -0.2) is 4.79 Å². The summed E-state index contributed by atoms with van der Waals surface area (Å²) in [6, 6.07) is 21.9. The van der Waals surface area contributed by atoms with Gasteiger partial charge >= 0.3 is 6.03 Å². The summed E-state index contributed by atoms with van der Waals surface area (Å²) in [5.74, 6) is 0.858. The van der Waals surface area contributed by atoms with Crippen LogP contribution < -0.4 is 14.8 Å². The summed E-state index contributed by atoms with van der Waals surface area (Å²) in [5.41, 5.74) is 2.58. The maximum Gasteiger partial charge on any atom is 0.325 e. The van der Waals surface area contributed by atoms with Crippen molar-refractivity contribution in [2.24, 2.45) is 0 Å². The SMILES string of the molecule is CC1(c2ccc3c(c2)OCCO3)NC(=O)N(Cc2ccc(-c3ccccc3C#N)cc2)C1=O. The van der Waals surface area contributed by atoms with Crippen molar-refractivity contribution in [3.63, 3.8) is 0 Å². The molecule has 0 radical (unpaired) electrons. The number of carbonyl (C=O) groups is 2. The van der Waals surface area contributed by atoms with Crippen LogP contribution in [0.2, 0.25) is 0 Å². The first-order valence-corrected chi connectivity index (χ1v) is 10.6. The van der Waals surface area contributed by atoms with Crippen LogP contribution in [0.3, 0.4) is 0 Å². The van der Waals surface area contributed by atoms with Crippen LogP contribution in [-0.4, -0.2) is 30.1 Å². The largest absolute Gasteiger partial charge is 0.486 e. The van der Waals surface area contributed by atoms with Gasteiger partial charge in [-0.15, -0.1) is 0 Å². The molecule has 1 atom stereocenters. The van der Waals surface area contributed by atoms with E-state index in [1.165, 1.54) is 4.90 Å². The van der Waals surface area contributed by atoms with Crippen molar-refractivity contribution >= 4 is 11.9 Å². The summed E-state index contributed by atoms with van der Waals surface area (Å²) >= 11 is 0. The lowest BCUT2D eigenvalue weighted by molar-refractivity contribution is -0.131. The Morgan fingerprint density at radius 2 is 1.73 bits per heavy atom. The van der Waals surface area contributed by atoms with E-state index in [2.05, 4.69) is 11.4 Å². The number of nitriles is 1. The van der Waals surface area contributed by atoms with E-state index in [0.717, 1.165) is 16.7 Å². The zero-order valence-electron chi connectivity index (χ0n) is 18.0. The minimum Gasteiger partial charge on any atom is -0.486 e. The number of urea groups is 1. The monoisotopic (exact) mass is 439 g/mol. The molecule has 7 nitrogen and oxygen atoms in total. The molecule has 3 aromatic carbocycles. The summed E-state index contributed by atoms with van der Waals surface area (Å²) in [6.07, 6.45) is 0. The first-order valence-electron chi connectivity index (χ1n) is 10.6. The molecular weight excluding hydrogens is 418 g/mol. The second-order valence-electron chi connectivity index (χ2n) is 8.16. The van der Waals surface area contributed by atoms with Gasteiger partial charge in [-0.05, 0) is 47.4 Å². The highest BCUT2D eigenvalue weighted by Crippen LogP contribution is 2.37.